The van der Waals surface area contributed by atoms with Gasteiger partial charge >= 0.3 is 21.6 Å². The van der Waals surface area contributed by atoms with Crippen molar-refractivity contribution in [3.05, 3.63) is 16.1 Å². The molecule has 0 amide bonds. The number of esters is 1. The lowest BCUT2D eigenvalue weighted by molar-refractivity contribution is -0.0501. The summed E-state index contributed by atoms with van der Waals surface area (Å²) in [7, 11) is -6.08. The molecule has 0 aliphatic rings. The SMILES string of the molecule is CCOC(=O)c1c(Cl)c(OS(=O)(=O)C(F)(F)F)nc(NC(C)C)c1C=N. The van der Waals surface area contributed by atoms with Crippen LogP contribution in [0.15, 0.2) is 0 Å². The fraction of sp³-hybridized carbons (Fsp3) is 0.462. The van der Waals surface area contributed by atoms with Crippen molar-refractivity contribution in [1.29, 1.82) is 5.41 Å². The standard InChI is InChI=1S/C13H15ClF3N3O5S/c1-4-24-12(21)8-7(5-18)10(19-6(2)3)20-11(9(8)14)25-26(22,23)13(15,16)17/h5-6,18H,4H2,1-3H3,(H,19,20). The van der Waals surface area contributed by atoms with Crippen LogP contribution < -0.4 is 9.50 Å². The molecule has 0 saturated heterocycles. The molecule has 0 spiro atoms. The van der Waals surface area contributed by atoms with Crippen molar-refractivity contribution >= 4 is 39.7 Å². The van der Waals surface area contributed by atoms with Gasteiger partial charge in [-0.2, -0.15) is 26.6 Å². The summed E-state index contributed by atoms with van der Waals surface area (Å²) >= 11 is 5.84. The van der Waals surface area contributed by atoms with Gasteiger partial charge in [0.15, 0.2) is 0 Å². The van der Waals surface area contributed by atoms with E-state index in [9.17, 15) is 26.4 Å². The number of ether oxygens (including phenoxy) is 1. The number of carbonyl (C=O) groups is 1. The molecule has 0 saturated carbocycles. The fourth-order valence-corrected chi connectivity index (χ4v) is 2.42. The number of pyridine rings is 1. The molecule has 0 atom stereocenters. The van der Waals surface area contributed by atoms with E-state index in [0.29, 0.717) is 6.21 Å². The maximum Gasteiger partial charge on any atom is 0.534 e. The van der Waals surface area contributed by atoms with Gasteiger partial charge in [0.25, 0.3) is 5.88 Å². The number of halogens is 4. The molecule has 0 aliphatic heterocycles. The molecular formula is C13H15ClF3N3O5S. The van der Waals surface area contributed by atoms with Gasteiger partial charge in [-0.3, -0.25) is 0 Å². The van der Waals surface area contributed by atoms with Crippen molar-refractivity contribution in [2.24, 2.45) is 0 Å². The number of hydrogen-bond donors (Lipinski definition) is 2. The predicted octanol–water partition coefficient (Wildman–Crippen LogP) is 2.96. The molecule has 8 nitrogen and oxygen atoms in total. The van der Waals surface area contributed by atoms with E-state index in [1.165, 1.54) is 6.92 Å². The Morgan fingerprint density at radius 1 is 1.42 bits per heavy atom. The van der Waals surface area contributed by atoms with E-state index >= 15 is 0 Å². The van der Waals surface area contributed by atoms with E-state index < -0.39 is 38.1 Å². The lowest BCUT2D eigenvalue weighted by atomic mass is 10.1. The van der Waals surface area contributed by atoms with E-state index in [0.717, 1.165) is 0 Å². The summed E-state index contributed by atoms with van der Waals surface area (Å²) in [4.78, 5) is 15.7. The molecule has 0 fully saturated rings. The van der Waals surface area contributed by atoms with Gasteiger partial charge in [-0.25, -0.2) is 4.79 Å². The van der Waals surface area contributed by atoms with E-state index in [4.69, 9.17) is 21.7 Å². The molecule has 0 bridgehead atoms. The van der Waals surface area contributed by atoms with Crippen molar-refractivity contribution in [3.63, 3.8) is 0 Å². The first-order chi connectivity index (χ1) is 11.9. The average molecular weight is 418 g/mol. The third-order valence-corrected chi connectivity index (χ3v) is 3.96. The van der Waals surface area contributed by atoms with Crippen LogP contribution in [0, 0.1) is 5.41 Å². The fourth-order valence-electron chi connectivity index (χ4n) is 1.69. The molecule has 1 aromatic heterocycles. The van der Waals surface area contributed by atoms with Gasteiger partial charge in [0.2, 0.25) is 0 Å². The van der Waals surface area contributed by atoms with Crippen LogP contribution in [-0.2, 0) is 14.9 Å². The molecule has 13 heteroatoms. The lowest BCUT2D eigenvalue weighted by Gasteiger charge is -2.18. The van der Waals surface area contributed by atoms with Crippen LogP contribution in [0.4, 0.5) is 19.0 Å². The minimum atomic E-state index is -6.08. The number of hydrogen-bond acceptors (Lipinski definition) is 8. The van der Waals surface area contributed by atoms with Gasteiger partial charge in [-0.1, -0.05) is 11.6 Å². The second-order valence-corrected chi connectivity index (χ2v) is 6.93. The molecular weight excluding hydrogens is 403 g/mol. The normalized spacial score (nSPS) is 12.0. The largest absolute Gasteiger partial charge is 0.534 e. The van der Waals surface area contributed by atoms with Gasteiger partial charge in [0, 0.05) is 12.3 Å². The van der Waals surface area contributed by atoms with E-state index in [1.807, 2.05) is 0 Å². The Bertz CT molecular complexity index is 812. The van der Waals surface area contributed by atoms with Crippen LogP contribution in [0.3, 0.4) is 0 Å². The Hall–Kier alpha value is -2.08. The van der Waals surface area contributed by atoms with Crippen molar-refractivity contribution < 1.29 is 35.3 Å². The van der Waals surface area contributed by atoms with Crippen molar-refractivity contribution in [3.8, 4) is 5.88 Å². The summed E-state index contributed by atoms with van der Waals surface area (Å²) in [6.07, 6.45) is 0.678. The van der Waals surface area contributed by atoms with Gasteiger partial charge < -0.3 is 19.6 Å². The van der Waals surface area contributed by atoms with E-state index in [-0.39, 0.29) is 24.0 Å². The Kier molecular flexibility index (Phi) is 6.82. The Morgan fingerprint density at radius 3 is 2.42 bits per heavy atom. The number of nitrogens with zero attached hydrogens (tertiary/aromatic N) is 1. The molecule has 0 unspecified atom stereocenters. The highest BCUT2D eigenvalue weighted by Gasteiger charge is 2.49. The Labute approximate surface area is 152 Å². The number of carbonyl (C=O) groups excluding carboxylic acids is 1. The zero-order valence-corrected chi connectivity index (χ0v) is 15.3. The molecule has 0 radical (unpaired) electrons. The van der Waals surface area contributed by atoms with Crippen LogP contribution in [0.5, 0.6) is 5.88 Å². The lowest BCUT2D eigenvalue weighted by Crippen LogP contribution is -2.29. The molecule has 1 aromatic rings. The smallest absolute Gasteiger partial charge is 0.462 e. The van der Waals surface area contributed by atoms with Gasteiger partial charge in [-0.15, -0.1) is 0 Å². The Balaban J connectivity index is 3.69. The zero-order valence-electron chi connectivity index (χ0n) is 13.8. The van der Waals surface area contributed by atoms with Gasteiger partial charge in [-0.05, 0) is 20.8 Å². The van der Waals surface area contributed by atoms with E-state index in [1.54, 1.807) is 13.8 Å². The van der Waals surface area contributed by atoms with Crippen LogP contribution >= 0.6 is 11.6 Å². The average Bonchev–Trinajstić information content (AvgIpc) is 2.48. The maximum atomic E-state index is 12.6. The molecule has 146 valence electrons. The van der Waals surface area contributed by atoms with Crippen LogP contribution in [0.1, 0.15) is 36.7 Å². The Morgan fingerprint density at radius 2 is 2.00 bits per heavy atom. The summed E-state index contributed by atoms with van der Waals surface area (Å²) in [5, 5.41) is 9.27. The molecule has 1 rings (SSSR count). The summed E-state index contributed by atoms with van der Waals surface area (Å²) in [6, 6.07) is -0.329. The summed E-state index contributed by atoms with van der Waals surface area (Å²) in [6.45, 7) is 4.65. The zero-order chi connectivity index (χ0) is 20.3. The minimum absolute atomic E-state index is 0.0983. The highest BCUT2D eigenvalue weighted by atomic mass is 35.5. The molecule has 1 heterocycles. The summed E-state index contributed by atoms with van der Waals surface area (Å²) in [5.41, 5.74) is -6.47. The van der Waals surface area contributed by atoms with Gasteiger partial charge in [0.1, 0.15) is 10.8 Å². The van der Waals surface area contributed by atoms with E-state index in [2.05, 4.69) is 14.5 Å². The van der Waals surface area contributed by atoms with Crippen LogP contribution in [0.2, 0.25) is 5.02 Å². The first-order valence-electron chi connectivity index (χ1n) is 7.04. The van der Waals surface area contributed by atoms with Crippen molar-refractivity contribution in [1.82, 2.24) is 4.98 Å². The number of rotatable bonds is 7. The maximum absolute atomic E-state index is 12.6. The number of alkyl halides is 3. The second kappa shape index (κ2) is 8.08. The topological polar surface area (TPSA) is 118 Å². The van der Waals surface area contributed by atoms with Crippen molar-refractivity contribution in [2.75, 3.05) is 11.9 Å². The number of aromatic nitrogens is 1. The highest BCUT2D eigenvalue weighted by Crippen LogP contribution is 2.36. The van der Waals surface area contributed by atoms with Crippen LogP contribution in [0.25, 0.3) is 0 Å². The minimum Gasteiger partial charge on any atom is -0.462 e. The summed E-state index contributed by atoms with van der Waals surface area (Å²) < 4.78 is 68.9. The molecule has 26 heavy (non-hydrogen) atoms. The molecule has 2 N–H and O–H groups in total. The van der Waals surface area contributed by atoms with Gasteiger partial charge in [0.05, 0.1) is 17.7 Å². The molecule has 0 aliphatic carbocycles. The third-order valence-electron chi connectivity index (χ3n) is 2.67. The number of nitrogens with one attached hydrogen (secondary N) is 2. The second-order valence-electron chi connectivity index (χ2n) is 5.02. The predicted molar refractivity (Wildman–Crippen MR) is 87.5 cm³/mol. The number of anilines is 1. The first-order valence-corrected chi connectivity index (χ1v) is 8.82. The highest BCUT2D eigenvalue weighted by molar-refractivity contribution is 7.88. The quantitative estimate of drug-likeness (QED) is 0.303. The van der Waals surface area contributed by atoms with Crippen LogP contribution in [-0.4, -0.2) is 43.7 Å². The third kappa shape index (κ3) is 4.75. The first kappa shape index (κ1) is 22.0. The van der Waals surface area contributed by atoms with Crippen molar-refractivity contribution in [2.45, 2.75) is 32.3 Å². The summed E-state index contributed by atoms with van der Waals surface area (Å²) in [5.74, 6) is -2.52. The molecule has 0 aromatic carbocycles. The monoisotopic (exact) mass is 417 g/mol.